The van der Waals surface area contributed by atoms with Crippen molar-refractivity contribution in [1.29, 1.82) is 0 Å². The fourth-order valence-electron chi connectivity index (χ4n) is 2.72. The van der Waals surface area contributed by atoms with Crippen molar-refractivity contribution in [3.05, 3.63) is 65.2 Å². The van der Waals surface area contributed by atoms with Crippen LogP contribution in [0.1, 0.15) is 22.6 Å². The Morgan fingerprint density at radius 3 is 2.57 bits per heavy atom. The Morgan fingerprint density at radius 2 is 1.81 bits per heavy atom. The lowest BCUT2D eigenvalue weighted by atomic mass is 10.2. The second kappa shape index (κ2) is 5.66. The van der Waals surface area contributed by atoms with E-state index in [4.69, 9.17) is 0 Å². The highest BCUT2D eigenvalue weighted by Gasteiger charge is 2.10. The normalized spacial score (nSPS) is 12.7. The molecule has 1 N–H and O–H groups in total. The summed E-state index contributed by atoms with van der Waals surface area (Å²) in [5.74, 6) is 0.801. The van der Waals surface area contributed by atoms with E-state index in [9.17, 15) is 0 Å². The number of aromatic nitrogens is 3. The summed E-state index contributed by atoms with van der Waals surface area (Å²) < 4.78 is 2.07. The Morgan fingerprint density at radius 1 is 1.05 bits per heavy atom. The molecule has 2 aromatic heterocycles. The number of fused-ring (bicyclic) bond motifs is 1. The van der Waals surface area contributed by atoms with Crippen molar-refractivity contribution in [1.82, 2.24) is 14.4 Å². The molecule has 4 nitrogen and oxygen atoms in total. The number of hydrogen-bond acceptors (Lipinski definition) is 2. The predicted molar refractivity (Wildman–Crippen MR) is 83.2 cm³/mol. The lowest BCUT2D eigenvalue weighted by Crippen LogP contribution is -3.06. The topological polar surface area (TPSA) is 34.6 Å². The molecule has 4 heteroatoms. The monoisotopic (exact) mass is 281 g/mol. The average molecular weight is 281 g/mol. The van der Waals surface area contributed by atoms with Crippen LogP contribution in [-0.2, 0) is 13.1 Å². The van der Waals surface area contributed by atoms with Gasteiger partial charge in [0, 0.05) is 23.1 Å². The minimum Gasteiger partial charge on any atom is -0.329 e. The molecule has 0 aliphatic heterocycles. The minimum absolute atomic E-state index is 0.801. The molecule has 21 heavy (non-hydrogen) atoms. The maximum atomic E-state index is 4.65. The van der Waals surface area contributed by atoms with Crippen molar-refractivity contribution in [2.24, 2.45) is 0 Å². The fraction of sp³-hybridized carbons (Fsp3) is 0.294. The van der Waals surface area contributed by atoms with Crippen molar-refractivity contribution in [2.45, 2.75) is 26.9 Å². The Balaban J connectivity index is 1.77. The van der Waals surface area contributed by atoms with Crippen LogP contribution < -0.4 is 4.90 Å². The summed E-state index contributed by atoms with van der Waals surface area (Å²) in [4.78, 5) is 10.6. The number of benzene rings is 1. The fourth-order valence-corrected chi connectivity index (χ4v) is 2.72. The second-order valence-corrected chi connectivity index (χ2v) is 5.74. The molecule has 0 amide bonds. The highest BCUT2D eigenvalue weighted by molar-refractivity contribution is 5.34. The van der Waals surface area contributed by atoms with Crippen LogP contribution in [-0.4, -0.2) is 21.4 Å². The van der Waals surface area contributed by atoms with Gasteiger partial charge in [-0.25, -0.2) is 9.97 Å². The molecule has 1 aromatic carbocycles. The van der Waals surface area contributed by atoms with Crippen LogP contribution in [0.25, 0.3) is 5.78 Å². The molecule has 0 aliphatic rings. The summed E-state index contributed by atoms with van der Waals surface area (Å²) in [5, 5.41) is 0. The number of nitrogens with zero attached hydrogens (tertiary/aromatic N) is 3. The van der Waals surface area contributed by atoms with Gasteiger partial charge in [0.2, 0.25) is 5.78 Å². The summed E-state index contributed by atoms with van der Waals surface area (Å²) in [6.07, 6.45) is 2.10. The Bertz CT molecular complexity index is 746. The highest BCUT2D eigenvalue weighted by Crippen LogP contribution is 2.07. The first-order chi connectivity index (χ1) is 10.1. The molecule has 0 spiro atoms. The van der Waals surface area contributed by atoms with Gasteiger partial charge in [-0.05, 0) is 19.9 Å². The molecular weight excluding hydrogens is 260 g/mol. The third-order valence-electron chi connectivity index (χ3n) is 3.64. The minimum atomic E-state index is 0.801. The van der Waals surface area contributed by atoms with Crippen molar-refractivity contribution in [3.8, 4) is 0 Å². The summed E-state index contributed by atoms with van der Waals surface area (Å²) in [6, 6.07) is 12.6. The highest BCUT2D eigenvalue weighted by atomic mass is 15.1. The van der Waals surface area contributed by atoms with E-state index in [1.54, 1.807) is 0 Å². The molecule has 0 saturated carbocycles. The van der Waals surface area contributed by atoms with E-state index >= 15 is 0 Å². The molecule has 0 fully saturated rings. The largest absolute Gasteiger partial charge is 0.329 e. The van der Waals surface area contributed by atoms with Crippen molar-refractivity contribution in [2.75, 3.05) is 7.05 Å². The van der Waals surface area contributed by atoms with Crippen LogP contribution in [0.3, 0.4) is 0 Å². The van der Waals surface area contributed by atoms with Crippen LogP contribution in [0.4, 0.5) is 0 Å². The maximum absolute atomic E-state index is 4.65. The van der Waals surface area contributed by atoms with Crippen LogP contribution in [0.15, 0.2) is 42.6 Å². The zero-order valence-electron chi connectivity index (χ0n) is 12.8. The summed E-state index contributed by atoms with van der Waals surface area (Å²) >= 11 is 0. The molecule has 0 bridgehead atoms. The van der Waals surface area contributed by atoms with Crippen LogP contribution in [0.5, 0.6) is 0 Å². The van der Waals surface area contributed by atoms with Crippen LogP contribution >= 0.6 is 0 Å². The van der Waals surface area contributed by atoms with Gasteiger partial charge >= 0.3 is 0 Å². The van der Waals surface area contributed by atoms with E-state index in [2.05, 4.69) is 70.9 Å². The molecule has 3 rings (SSSR count). The van der Waals surface area contributed by atoms with Gasteiger partial charge < -0.3 is 4.90 Å². The van der Waals surface area contributed by atoms with Crippen molar-refractivity contribution >= 4 is 5.78 Å². The van der Waals surface area contributed by atoms with Gasteiger partial charge in [-0.3, -0.25) is 4.40 Å². The first-order valence-electron chi connectivity index (χ1n) is 7.29. The lowest BCUT2D eigenvalue weighted by Gasteiger charge is -2.12. The molecular formula is C17H21N4+. The molecule has 3 aromatic rings. The van der Waals surface area contributed by atoms with Gasteiger partial charge in [0.05, 0.1) is 7.05 Å². The number of hydrogen-bond donors (Lipinski definition) is 1. The maximum Gasteiger partial charge on any atom is 0.234 e. The van der Waals surface area contributed by atoms with E-state index in [-0.39, 0.29) is 0 Å². The van der Waals surface area contributed by atoms with Gasteiger partial charge in [-0.2, -0.15) is 0 Å². The van der Waals surface area contributed by atoms with E-state index in [0.29, 0.717) is 0 Å². The van der Waals surface area contributed by atoms with Crippen LogP contribution in [0.2, 0.25) is 0 Å². The Labute approximate surface area is 125 Å². The van der Waals surface area contributed by atoms with Crippen LogP contribution in [0, 0.1) is 13.8 Å². The Hall–Kier alpha value is -2.20. The predicted octanol–water partition coefficient (Wildman–Crippen LogP) is 1.56. The number of aryl methyl sites for hydroxylation is 2. The molecule has 0 aliphatic carbocycles. The first-order valence-corrected chi connectivity index (χ1v) is 7.29. The van der Waals surface area contributed by atoms with Gasteiger partial charge in [0.15, 0.2) is 0 Å². The van der Waals surface area contributed by atoms with Crippen molar-refractivity contribution in [3.63, 3.8) is 0 Å². The molecule has 0 saturated heterocycles. The quantitative estimate of drug-likeness (QED) is 0.787. The van der Waals surface area contributed by atoms with Gasteiger partial charge in [-0.1, -0.05) is 30.3 Å². The van der Waals surface area contributed by atoms with E-state index in [1.165, 1.54) is 16.2 Å². The summed E-state index contributed by atoms with van der Waals surface area (Å²) in [7, 11) is 2.20. The zero-order chi connectivity index (χ0) is 14.8. The van der Waals surface area contributed by atoms with Gasteiger partial charge in [-0.15, -0.1) is 0 Å². The first kappa shape index (κ1) is 13.8. The number of imidazole rings is 1. The van der Waals surface area contributed by atoms with E-state index in [1.807, 2.05) is 6.92 Å². The molecule has 108 valence electrons. The third-order valence-corrected chi connectivity index (χ3v) is 3.64. The number of rotatable bonds is 4. The molecule has 1 unspecified atom stereocenters. The SMILES string of the molecule is Cc1cc(C)n2cc(C[NH+](C)Cc3ccccc3)nc2n1. The van der Waals surface area contributed by atoms with E-state index in [0.717, 1.165) is 30.3 Å². The number of quaternary nitrogens is 1. The smallest absolute Gasteiger partial charge is 0.234 e. The second-order valence-electron chi connectivity index (χ2n) is 5.74. The van der Waals surface area contributed by atoms with E-state index < -0.39 is 0 Å². The lowest BCUT2D eigenvalue weighted by molar-refractivity contribution is -0.908. The third kappa shape index (κ3) is 3.11. The zero-order valence-corrected chi connectivity index (χ0v) is 12.8. The summed E-state index contributed by atoms with van der Waals surface area (Å²) in [5.41, 5.74) is 4.63. The average Bonchev–Trinajstić information content (AvgIpc) is 2.82. The Kier molecular flexibility index (Phi) is 3.71. The molecule has 0 radical (unpaired) electrons. The van der Waals surface area contributed by atoms with Gasteiger partial charge in [0.1, 0.15) is 18.8 Å². The molecule has 1 atom stereocenters. The molecule has 2 heterocycles. The standard InChI is InChI=1S/C17H20N4/c1-13-9-14(2)21-12-16(19-17(21)18-13)11-20(3)10-15-7-5-4-6-8-15/h4-9,12H,10-11H2,1-3H3/p+1. The van der Waals surface area contributed by atoms with Gasteiger partial charge in [0.25, 0.3) is 0 Å². The van der Waals surface area contributed by atoms with Crippen molar-refractivity contribution < 1.29 is 4.90 Å². The number of nitrogens with one attached hydrogen (secondary N) is 1. The summed E-state index contributed by atoms with van der Waals surface area (Å²) in [6.45, 7) is 6.00.